The van der Waals surface area contributed by atoms with Crippen molar-refractivity contribution >= 4 is 17.5 Å². The van der Waals surface area contributed by atoms with E-state index < -0.39 is 0 Å². The summed E-state index contributed by atoms with van der Waals surface area (Å²) in [6.45, 7) is 5.07. The zero-order chi connectivity index (χ0) is 13.8. The third-order valence-electron chi connectivity index (χ3n) is 3.13. The Morgan fingerprint density at radius 2 is 2.10 bits per heavy atom. The van der Waals surface area contributed by atoms with Gasteiger partial charge in [0.2, 0.25) is 5.95 Å². The highest BCUT2D eigenvalue weighted by atomic mass is 16.5. The Morgan fingerprint density at radius 1 is 1.25 bits per heavy atom. The number of aromatic nitrogens is 3. The predicted octanol–water partition coefficient (Wildman–Crippen LogP) is 1.76. The van der Waals surface area contributed by atoms with Gasteiger partial charge in [0.25, 0.3) is 0 Å². The van der Waals surface area contributed by atoms with Gasteiger partial charge in [-0.2, -0.15) is 10.1 Å². The van der Waals surface area contributed by atoms with Crippen molar-refractivity contribution in [3.63, 3.8) is 0 Å². The van der Waals surface area contributed by atoms with Crippen LogP contribution >= 0.6 is 0 Å². The lowest BCUT2D eigenvalue weighted by atomic mass is 10.2. The van der Waals surface area contributed by atoms with E-state index in [1.165, 1.54) is 5.56 Å². The normalized spacial score (nSPS) is 15.2. The fourth-order valence-corrected chi connectivity index (χ4v) is 2.12. The van der Waals surface area contributed by atoms with Crippen LogP contribution in [0.2, 0.25) is 0 Å². The molecule has 0 aliphatic carbocycles. The van der Waals surface area contributed by atoms with E-state index in [2.05, 4.69) is 44.5 Å². The van der Waals surface area contributed by atoms with Gasteiger partial charge in [-0.1, -0.05) is 12.1 Å². The topological polar surface area (TPSA) is 63.2 Å². The maximum Gasteiger partial charge on any atom is 0.247 e. The predicted molar refractivity (Wildman–Crippen MR) is 77.3 cm³/mol. The monoisotopic (exact) mass is 271 g/mol. The largest absolute Gasteiger partial charge is 0.378 e. The Bertz CT molecular complexity index is 583. The summed E-state index contributed by atoms with van der Waals surface area (Å²) in [5.41, 5.74) is 2.20. The van der Waals surface area contributed by atoms with Crippen LogP contribution in [0.4, 0.5) is 17.5 Å². The first-order valence-corrected chi connectivity index (χ1v) is 6.67. The molecule has 1 saturated heterocycles. The van der Waals surface area contributed by atoms with Gasteiger partial charge in [-0.05, 0) is 24.6 Å². The number of nitrogens with one attached hydrogen (secondary N) is 1. The highest BCUT2D eigenvalue weighted by Gasteiger charge is 2.14. The van der Waals surface area contributed by atoms with Crippen LogP contribution in [0.1, 0.15) is 5.56 Å². The van der Waals surface area contributed by atoms with Crippen LogP contribution in [0.15, 0.2) is 30.5 Å². The Balaban J connectivity index is 1.77. The molecule has 3 rings (SSSR count). The quantitative estimate of drug-likeness (QED) is 0.917. The number of benzene rings is 1. The van der Waals surface area contributed by atoms with Crippen LogP contribution in [0.3, 0.4) is 0 Å². The van der Waals surface area contributed by atoms with Crippen molar-refractivity contribution < 1.29 is 4.74 Å². The van der Waals surface area contributed by atoms with E-state index >= 15 is 0 Å². The van der Waals surface area contributed by atoms with Gasteiger partial charge in [0, 0.05) is 18.8 Å². The Labute approximate surface area is 117 Å². The first kappa shape index (κ1) is 12.8. The zero-order valence-corrected chi connectivity index (χ0v) is 11.4. The summed E-state index contributed by atoms with van der Waals surface area (Å²) in [6.07, 6.45) is 1.63. The van der Waals surface area contributed by atoms with Crippen molar-refractivity contribution in [1.29, 1.82) is 0 Å². The number of hydrogen-bond donors (Lipinski definition) is 1. The third kappa shape index (κ3) is 3.03. The lowest BCUT2D eigenvalue weighted by Crippen LogP contribution is -2.37. The molecule has 6 nitrogen and oxygen atoms in total. The fourth-order valence-electron chi connectivity index (χ4n) is 2.12. The summed E-state index contributed by atoms with van der Waals surface area (Å²) in [4.78, 5) is 6.59. The average Bonchev–Trinajstić information content (AvgIpc) is 2.48. The van der Waals surface area contributed by atoms with E-state index in [1.807, 2.05) is 12.1 Å². The molecule has 2 heterocycles. The summed E-state index contributed by atoms with van der Waals surface area (Å²) in [7, 11) is 0. The van der Waals surface area contributed by atoms with Gasteiger partial charge in [-0.25, -0.2) is 0 Å². The number of rotatable bonds is 3. The maximum absolute atomic E-state index is 5.33. The molecule has 0 bridgehead atoms. The van der Waals surface area contributed by atoms with Crippen molar-refractivity contribution in [1.82, 2.24) is 15.2 Å². The Kier molecular flexibility index (Phi) is 3.73. The summed E-state index contributed by atoms with van der Waals surface area (Å²) < 4.78 is 5.33. The Hall–Kier alpha value is -2.21. The van der Waals surface area contributed by atoms with E-state index in [0.29, 0.717) is 25.0 Å². The number of ether oxygens (including phenoxy) is 1. The first-order valence-electron chi connectivity index (χ1n) is 6.67. The minimum absolute atomic E-state index is 0.644. The van der Waals surface area contributed by atoms with Gasteiger partial charge in [0.05, 0.1) is 19.4 Å². The molecule has 0 spiro atoms. The lowest BCUT2D eigenvalue weighted by Gasteiger charge is -2.26. The zero-order valence-electron chi connectivity index (χ0n) is 11.4. The molecule has 1 N–H and O–H groups in total. The van der Waals surface area contributed by atoms with E-state index in [4.69, 9.17) is 4.74 Å². The highest BCUT2D eigenvalue weighted by molar-refractivity contribution is 5.57. The van der Waals surface area contributed by atoms with Gasteiger partial charge in [-0.15, -0.1) is 5.10 Å². The first-order chi connectivity index (χ1) is 9.81. The van der Waals surface area contributed by atoms with Crippen LogP contribution in [-0.2, 0) is 4.74 Å². The molecule has 6 heteroatoms. The van der Waals surface area contributed by atoms with Crippen LogP contribution in [0.25, 0.3) is 0 Å². The Morgan fingerprint density at radius 3 is 2.90 bits per heavy atom. The summed E-state index contributed by atoms with van der Waals surface area (Å²) in [5, 5.41) is 11.4. The van der Waals surface area contributed by atoms with Gasteiger partial charge < -0.3 is 15.0 Å². The minimum Gasteiger partial charge on any atom is -0.378 e. The SMILES string of the molecule is Cc1cccc(Nc2cnnc(N3CCOCC3)n2)c1. The van der Waals surface area contributed by atoms with Crippen molar-refractivity contribution in [3.8, 4) is 0 Å². The van der Waals surface area contributed by atoms with E-state index in [1.54, 1.807) is 6.20 Å². The summed E-state index contributed by atoms with van der Waals surface area (Å²) in [6, 6.07) is 8.14. The molecule has 1 aromatic heterocycles. The lowest BCUT2D eigenvalue weighted by molar-refractivity contribution is 0.122. The molecular weight excluding hydrogens is 254 g/mol. The van der Waals surface area contributed by atoms with Crippen molar-refractivity contribution in [2.45, 2.75) is 6.92 Å². The molecule has 1 fully saturated rings. The van der Waals surface area contributed by atoms with Crippen LogP contribution in [0.5, 0.6) is 0 Å². The van der Waals surface area contributed by atoms with Gasteiger partial charge in [0.15, 0.2) is 5.82 Å². The number of nitrogens with zero attached hydrogens (tertiary/aromatic N) is 4. The van der Waals surface area contributed by atoms with Crippen molar-refractivity contribution in [3.05, 3.63) is 36.0 Å². The maximum atomic E-state index is 5.33. The van der Waals surface area contributed by atoms with Crippen molar-refractivity contribution in [2.75, 3.05) is 36.5 Å². The minimum atomic E-state index is 0.644. The average molecular weight is 271 g/mol. The molecule has 1 aromatic carbocycles. The molecular formula is C14H17N5O. The smallest absolute Gasteiger partial charge is 0.247 e. The molecule has 0 atom stereocenters. The molecule has 0 radical (unpaired) electrons. The molecule has 1 aliphatic rings. The number of anilines is 3. The van der Waals surface area contributed by atoms with Gasteiger partial charge in [0.1, 0.15) is 0 Å². The van der Waals surface area contributed by atoms with Crippen LogP contribution < -0.4 is 10.2 Å². The second-order valence-corrected chi connectivity index (χ2v) is 4.74. The second kappa shape index (κ2) is 5.83. The number of hydrogen-bond acceptors (Lipinski definition) is 6. The molecule has 0 unspecified atom stereocenters. The fraction of sp³-hybridized carbons (Fsp3) is 0.357. The van der Waals surface area contributed by atoms with Gasteiger partial charge in [-0.3, -0.25) is 0 Å². The van der Waals surface area contributed by atoms with E-state index in [0.717, 1.165) is 18.8 Å². The molecule has 104 valence electrons. The van der Waals surface area contributed by atoms with Crippen LogP contribution in [0, 0.1) is 6.92 Å². The second-order valence-electron chi connectivity index (χ2n) is 4.74. The van der Waals surface area contributed by atoms with Crippen molar-refractivity contribution in [2.24, 2.45) is 0 Å². The summed E-state index contributed by atoms with van der Waals surface area (Å²) >= 11 is 0. The molecule has 2 aromatic rings. The number of aryl methyl sites for hydroxylation is 1. The summed E-state index contributed by atoms with van der Waals surface area (Å²) in [5.74, 6) is 1.35. The van der Waals surface area contributed by atoms with E-state index in [9.17, 15) is 0 Å². The highest BCUT2D eigenvalue weighted by Crippen LogP contribution is 2.17. The molecule has 1 aliphatic heterocycles. The van der Waals surface area contributed by atoms with Gasteiger partial charge >= 0.3 is 0 Å². The third-order valence-corrected chi connectivity index (χ3v) is 3.13. The van der Waals surface area contributed by atoms with E-state index in [-0.39, 0.29) is 0 Å². The molecule has 0 saturated carbocycles. The van der Waals surface area contributed by atoms with Crippen LogP contribution in [-0.4, -0.2) is 41.5 Å². The standard InChI is InChI=1S/C14H17N5O/c1-11-3-2-4-12(9-11)16-13-10-15-18-14(17-13)19-5-7-20-8-6-19/h2-4,9-10H,5-8H2,1H3,(H,16,17,18). The molecule has 0 amide bonds. The number of morpholine rings is 1. The molecule has 20 heavy (non-hydrogen) atoms.